The van der Waals surface area contributed by atoms with E-state index in [4.69, 9.17) is 9.05 Å². The fourth-order valence-corrected chi connectivity index (χ4v) is 3.42. The van der Waals surface area contributed by atoms with E-state index in [1.165, 1.54) is 89.9 Å². The molecule has 0 bridgehead atoms. The maximum absolute atomic E-state index is 11.6. The van der Waals surface area contributed by atoms with E-state index in [9.17, 15) is 4.89 Å². The SMILES string of the molecule is CCCCCCCCCCOP([O-])OCCCCCCCCCC.[Na+]. The summed E-state index contributed by atoms with van der Waals surface area (Å²) in [4.78, 5) is 11.6. The van der Waals surface area contributed by atoms with Crippen molar-refractivity contribution < 1.29 is 43.5 Å². The zero-order valence-electron chi connectivity index (χ0n) is 17.4. The van der Waals surface area contributed by atoms with Crippen molar-refractivity contribution in [3.63, 3.8) is 0 Å². The molecule has 0 radical (unpaired) electrons. The van der Waals surface area contributed by atoms with E-state index in [0.717, 1.165) is 12.8 Å². The first-order valence-electron chi connectivity index (χ1n) is 10.5. The van der Waals surface area contributed by atoms with E-state index in [1.54, 1.807) is 0 Å². The zero-order valence-corrected chi connectivity index (χ0v) is 20.3. The minimum absolute atomic E-state index is 0. The molecule has 0 aromatic heterocycles. The van der Waals surface area contributed by atoms with E-state index in [1.807, 2.05) is 0 Å². The average Bonchev–Trinajstić information content (AvgIpc) is 2.59. The van der Waals surface area contributed by atoms with Crippen molar-refractivity contribution in [3.05, 3.63) is 0 Å². The molecule has 0 atom stereocenters. The number of hydrogen-bond donors (Lipinski definition) is 0. The molecule has 25 heavy (non-hydrogen) atoms. The Morgan fingerprint density at radius 2 is 0.800 bits per heavy atom. The molecule has 0 N–H and O–H groups in total. The zero-order chi connectivity index (χ0) is 17.7. The van der Waals surface area contributed by atoms with Crippen LogP contribution in [0.15, 0.2) is 0 Å². The summed E-state index contributed by atoms with van der Waals surface area (Å²) < 4.78 is 10.5. The molecule has 0 heterocycles. The van der Waals surface area contributed by atoms with Crippen molar-refractivity contribution in [3.8, 4) is 0 Å². The monoisotopic (exact) mass is 384 g/mol. The van der Waals surface area contributed by atoms with Crippen molar-refractivity contribution in [2.75, 3.05) is 13.2 Å². The summed E-state index contributed by atoms with van der Waals surface area (Å²) in [5.74, 6) is 0. The predicted octanol–water partition coefficient (Wildman–Crippen LogP) is 3.89. The molecule has 146 valence electrons. The van der Waals surface area contributed by atoms with Crippen LogP contribution in [0.5, 0.6) is 0 Å². The van der Waals surface area contributed by atoms with Gasteiger partial charge in [0.1, 0.15) is 0 Å². The number of hydrogen-bond acceptors (Lipinski definition) is 3. The summed E-state index contributed by atoms with van der Waals surface area (Å²) in [6.07, 6.45) is 20.3. The van der Waals surface area contributed by atoms with Gasteiger partial charge in [-0.05, 0) is 12.8 Å². The van der Waals surface area contributed by atoms with Crippen molar-refractivity contribution in [1.29, 1.82) is 0 Å². The van der Waals surface area contributed by atoms with Crippen LogP contribution in [0.2, 0.25) is 0 Å². The van der Waals surface area contributed by atoms with E-state index in [0.29, 0.717) is 13.2 Å². The van der Waals surface area contributed by atoms with Gasteiger partial charge in [-0.25, -0.2) is 0 Å². The molecule has 0 amide bonds. The molecule has 5 heteroatoms. The Labute approximate surface area is 181 Å². The van der Waals surface area contributed by atoms with Crippen LogP contribution in [0, 0.1) is 0 Å². The van der Waals surface area contributed by atoms with Gasteiger partial charge in [-0.15, -0.1) is 0 Å². The van der Waals surface area contributed by atoms with E-state index >= 15 is 0 Å². The Hall–Kier alpha value is 1.31. The Bertz CT molecular complexity index is 211. The second-order valence-corrected chi connectivity index (χ2v) is 7.80. The fraction of sp³-hybridized carbons (Fsp3) is 1.00. The smallest absolute Gasteiger partial charge is 0.786 e. The molecule has 0 unspecified atom stereocenters. The first-order chi connectivity index (χ1) is 11.8. The molecule has 0 aliphatic heterocycles. The quantitative estimate of drug-likeness (QED) is 0.182. The summed E-state index contributed by atoms with van der Waals surface area (Å²) in [7, 11) is -1.90. The van der Waals surface area contributed by atoms with Gasteiger partial charge < -0.3 is 13.9 Å². The van der Waals surface area contributed by atoms with Crippen molar-refractivity contribution in [2.45, 2.75) is 117 Å². The average molecular weight is 385 g/mol. The molecule has 0 aliphatic carbocycles. The molecule has 0 saturated carbocycles. The Morgan fingerprint density at radius 3 is 1.12 bits per heavy atom. The largest absolute Gasteiger partial charge is 1.00 e. The topological polar surface area (TPSA) is 41.5 Å². The van der Waals surface area contributed by atoms with Crippen LogP contribution in [0.1, 0.15) is 117 Å². The second kappa shape index (κ2) is 25.3. The predicted molar refractivity (Wildman–Crippen MR) is 104 cm³/mol. The van der Waals surface area contributed by atoms with Gasteiger partial charge in [-0.1, -0.05) is 104 Å². The van der Waals surface area contributed by atoms with Crippen molar-refractivity contribution in [2.24, 2.45) is 0 Å². The molecule has 0 fully saturated rings. The van der Waals surface area contributed by atoms with Crippen molar-refractivity contribution in [1.82, 2.24) is 0 Å². The number of unbranched alkanes of at least 4 members (excludes halogenated alkanes) is 14. The maximum atomic E-state index is 11.6. The first kappa shape index (κ1) is 28.5. The van der Waals surface area contributed by atoms with Crippen LogP contribution in [0.3, 0.4) is 0 Å². The molecule has 0 saturated heterocycles. The van der Waals surface area contributed by atoms with Crippen molar-refractivity contribution >= 4 is 8.60 Å². The molecule has 0 aromatic carbocycles. The molecule has 0 rings (SSSR count). The third-order valence-electron chi connectivity index (χ3n) is 4.39. The van der Waals surface area contributed by atoms with Gasteiger partial charge in [0, 0.05) is 0 Å². The van der Waals surface area contributed by atoms with Gasteiger partial charge in [0.15, 0.2) is 0 Å². The van der Waals surface area contributed by atoms with Crippen LogP contribution < -0.4 is 34.5 Å². The third kappa shape index (κ3) is 25.3. The van der Waals surface area contributed by atoms with Gasteiger partial charge in [-0.2, -0.15) is 0 Å². The first-order valence-corrected chi connectivity index (χ1v) is 11.6. The molecular weight excluding hydrogens is 342 g/mol. The summed E-state index contributed by atoms with van der Waals surface area (Å²) in [5.41, 5.74) is 0. The van der Waals surface area contributed by atoms with Crippen LogP contribution >= 0.6 is 8.60 Å². The molecule has 3 nitrogen and oxygen atoms in total. The van der Waals surface area contributed by atoms with E-state index in [-0.39, 0.29) is 29.6 Å². The molecule has 0 aromatic rings. The minimum Gasteiger partial charge on any atom is -0.786 e. The fourth-order valence-electron chi connectivity index (χ4n) is 2.79. The van der Waals surface area contributed by atoms with E-state index < -0.39 is 8.60 Å². The van der Waals surface area contributed by atoms with Gasteiger partial charge in [-0.3, -0.25) is 0 Å². The summed E-state index contributed by atoms with van der Waals surface area (Å²) >= 11 is 0. The van der Waals surface area contributed by atoms with Gasteiger partial charge in [0.2, 0.25) is 0 Å². The maximum Gasteiger partial charge on any atom is 1.00 e. The molecular formula is C20H42NaO3P. The minimum atomic E-state index is -1.90. The van der Waals surface area contributed by atoms with Crippen LogP contribution in [-0.4, -0.2) is 13.2 Å². The number of rotatable bonds is 20. The van der Waals surface area contributed by atoms with Crippen LogP contribution in [0.25, 0.3) is 0 Å². The molecule has 0 spiro atoms. The standard InChI is InChI=1S/C20H42O3P.Na/c1-3-5-7-9-11-13-15-17-19-22-24(21)23-20-18-16-14-12-10-8-6-4-2;/h3-20H2,1-2H3;/q-1;+1. The van der Waals surface area contributed by atoms with Gasteiger partial charge >= 0.3 is 29.6 Å². The van der Waals surface area contributed by atoms with Gasteiger partial charge in [0.25, 0.3) is 0 Å². The summed E-state index contributed by atoms with van der Waals surface area (Å²) in [5, 5.41) is 0. The van der Waals surface area contributed by atoms with Gasteiger partial charge in [0.05, 0.1) is 21.8 Å². The Morgan fingerprint density at radius 1 is 0.520 bits per heavy atom. The third-order valence-corrected chi connectivity index (χ3v) is 5.18. The Kier molecular flexibility index (Phi) is 28.9. The summed E-state index contributed by atoms with van der Waals surface area (Å²) in [6.45, 7) is 5.63. The van der Waals surface area contributed by atoms with E-state index in [2.05, 4.69) is 13.8 Å². The summed E-state index contributed by atoms with van der Waals surface area (Å²) in [6, 6.07) is 0. The second-order valence-electron chi connectivity index (χ2n) is 6.84. The molecule has 0 aliphatic rings. The van der Waals surface area contributed by atoms with Crippen LogP contribution in [-0.2, 0) is 9.05 Å². The normalized spacial score (nSPS) is 11.0. The Balaban J connectivity index is 0. The van der Waals surface area contributed by atoms with Crippen LogP contribution in [0.4, 0.5) is 0 Å².